The summed E-state index contributed by atoms with van der Waals surface area (Å²) in [7, 11) is -3.36. The van der Waals surface area contributed by atoms with E-state index in [1.165, 1.54) is 18.3 Å². The molecule has 0 aliphatic heterocycles. The van der Waals surface area contributed by atoms with E-state index in [1.807, 2.05) is 0 Å². The number of aromatic nitrogens is 2. The number of anilines is 3. The van der Waals surface area contributed by atoms with Gasteiger partial charge in [-0.2, -0.15) is 4.98 Å². The predicted molar refractivity (Wildman–Crippen MR) is 105 cm³/mol. The summed E-state index contributed by atoms with van der Waals surface area (Å²) in [5.74, 6) is 0.911. The highest BCUT2D eigenvalue weighted by atomic mass is 32.2. The highest BCUT2D eigenvalue weighted by molar-refractivity contribution is 7.90. The lowest BCUT2D eigenvalue weighted by Crippen LogP contribution is -2.19. The van der Waals surface area contributed by atoms with Crippen molar-refractivity contribution in [1.29, 1.82) is 0 Å². The molecule has 0 radical (unpaired) electrons. The number of rotatable bonds is 5. The van der Waals surface area contributed by atoms with E-state index in [2.05, 4.69) is 20.6 Å². The summed E-state index contributed by atoms with van der Waals surface area (Å²) in [6, 6.07) is 13.6. The second kappa shape index (κ2) is 7.92. The molecule has 144 valence electrons. The van der Waals surface area contributed by atoms with Gasteiger partial charge in [0.2, 0.25) is 11.8 Å². The monoisotopic (exact) mass is 399 g/mol. The van der Waals surface area contributed by atoms with Crippen molar-refractivity contribution in [2.75, 3.05) is 22.6 Å². The van der Waals surface area contributed by atoms with Gasteiger partial charge in [-0.25, -0.2) is 18.2 Å². The van der Waals surface area contributed by atoms with Gasteiger partial charge in [-0.15, -0.1) is 0 Å². The van der Waals surface area contributed by atoms with Gasteiger partial charge < -0.3 is 21.1 Å². The minimum absolute atomic E-state index is 0.104. The zero-order valence-corrected chi connectivity index (χ0v) is 15.6. The van der Waals surface area contributed by atoms with Crippen molar-refractivity contribution >= 4 is 33.2 Å². The van der Waals surface area contributed by atoms with Crippen LogP contribution in [0.15, 0.2) is 65.7 Å². The van der Waals surface area contributed by atoms with Crippen LogP contribution >= 0.6 is 0 Å². The fourth-order valence-corrected chi connectivity index (χ4v) is 2.91. The Morgan fingerprint density at radius 1 is 1.04 bits per heavy atom. The highest BCUT2D eigenvalue weighted by Crippen LogP contribution is 2.22. The Morgan fingerprint density at radius 3 is 2.43 bits per heavy atom. The molecular weight excluding hydrogens is 382 g/mol. The highest BCUT2D eigenvalue weighted by Gasteiger charge is 2.09. The molecule has 0 bridgehead atoms. The van der Waals surface area contributed by atoms with Crippen LogP contribution < -0.4 is 21.1 Å². The van der Waals surface area contributed by atoms with Gasteiger partial charge in [0, 0.05) is 29.9 Å². The first-order valence-corrected chi connectivity index (χ1v) is 9.93. The van der Waals surface area contributed by atoms with Crippen molar-refractivity contribution in [2.24, 2.45) is 0 Å². The number of ether oxygens (including phenoxy) is 1. The number of nitrogens with two attached hydrogens (primary N) is 1. The lowest BCUT2D eigenvalue weighted by molar-refractivity contribution is 0.262. The molecule has 3 rings (SSSR count). The van der Waals surface area contributed by atoms with E-state index >= 15 is 0 Å². The summed E-state index contributed by atoms with van der Waals surface area (Å²) in [5, 5.41) is 5.24. The van der Waals surface area contributed by atoms with Crippen LogP contribution in [-0.4, -0.2) is 30.7 Å². The van der Waals surface area contributed by atoms with E-state index in [0.717, 1.165) is 6.26 Å². The molecule has 2 amide bonds. The van der Waals surface area contributed by atoms with E-state index in [-0.39, 0.29) is 10.8 Å². The van der Waals surface area contributed by atoms with Crippen molar-refractivity contribution < 1.29 is 17.9 Å². The lowest BCUT2D eigenvalue weighted by Gasteiger charge is -2.10. The predicted octanol–water partition coefficient (Wildman–Crippen LogP) is 2.90. The van der Waals surface area contributed by atoms with Gasteiger partial charge in [0.15, 0.2) is 9.84 Å². The molecule has 0 fully saturated rings. The summed E-state index contributed by atoms with van der Waals surface area (Å²) >= 11 is 0. The molecule has 0 saturated heterocycles. The fourth-order valence-electron chi connectivity index (χ4n) is 2.24. The fraction of sp³-hybridized carbons (Fsp3) is 0.0556. The number of nitrogens with one attached hydrogen (secondary N) is 2. The Balaban J connectivity index is 1.62. The number of urea groups is 1. The Bertz CT molecular complexity index is 1100. The van der Waals surface area contributed by atoms with Crippen LogP contribution in [0.5, 0.6) is 11.6 Å². The lowest BCUT2D eigenvalue weighted by atomic mass is 10.3. The first-order valence-electron chi connectivity index (χ1n) is 8.04. The standard InChI is InChI=1S/C18H17N5O4S/c1-28(25,26)15-4-2-3-13(11-15)22-18(24)21-12-5-7-14(8-6-12)27-16-9-10-20-17(19)23-16/h2-11H,1H3,(H2,19,20,23)(H2,21,22,24). The minimum Gasteiger partial charge on any atom is -0.439 e. The molecule has 1 aromatic heterocycles. The van der Waals surface area contributed by atoms with E-state index in [1.54, 1.807) is 42.5 Å². The van der Waals surface area contributed by atoms with Crippen LogP contribution in [0.2, 0.25) is 0 Å². The smallest absolute Gasteiger partial charge is 0.323 e. The average Bonchev–Trinajstić information content (AvgIpc) is 2.63. The van der Waals surface area contributed by atoms with Crippen LogP contribution in [0, 0.1) is 0 Å². The van der Waals surface area contributed by atoms with Gasteiger partial charge >= 0.3 is 6.03 Å². The summed E-state index contributed by atoms with van der Waals surface area (Å²) in [4.78, 5) is 20.0. The van der Waals surface area contributed by atoms with Crippen molar-refractivity contribution in [1.82, 2.24) is 9.97 Å². The number of amides is 2. The number of nitrogens with zero attached hydrogens (tertiary/aromatic N) is 2. The molecule has 1 heterocycles. The van der Waals surface area contributed by atoms with Gasteiger partial charge in [0.1, 0.15) is 5.75 Å². The summed E-state index contributed by atoms with van der Waals surface area (Å²) in [6.45, 7) is 0. The minimum atomic E-state index is -3.36. The number of hydrogen-bond acceptors (Lipinski definition) is 7. The van der Waals surface area contributed by atoms with Crippen LogP contribution in [-0.2, 0) is 9.84 Å². The Morgan fingerprint density at radius 2 is 1.75 bits per heavy atom. The molecule has 0 atom stereocenters. The molecule has 9 nitrogen and oxygen atoms in total. The molecule has 0 unspecified atom stereocenters. The molecule has 0 spiro atoms. The first-order chi connectivity index (χ1) is 13.3. The Kier molecular flexibility index (Phi) is 5.41. The second-order valence-electron chi connectivity index (χ2n) is 5.76. The molecule has 4 N–H and O–H groups in total. The zero-order valence-electron chi connectivity index (χ0n) is 14.8. The SMILES string of the molecule is CS(=O)(=O)c1cccc(NC(=O)Nc2ccc(Oc3ccnc(N)n3)cc2)c1. The number of sulfone groups is 1. The molecule has 28 heavy (non-hydrogen) atoms. The van der Waals surface area contributed by atoms with E-state index in [0.29, 0.717) is 23.0 Å². The maximum Gasteiger partial charge on any atom is 0.323 e. The van der Waals surface area contributed by atoms with Crippen molar-refractivity contribution in [3.63, 3.8) is 0 Å². The normalized spacial score (nSPS) is 10.9. The Hall–Kier alpha value is -3.66. The third-order valence-electron chi connectivity index (χ3n) is 3.50. The van der Waals surface area contributed by atoms with Gasteiger partial charge in [-0.1, -0.05) is 6.07 Å². The number of nitrogen functional groups attached to an aromatic ring is 1. The molecular formula is C18H17N5O4S. The number of benzene rings is 2. The number of hydrogen-bond donors (Lipinski definition) is 3. The van der Waals surface area contributed by atoms with Crippen LogP contribution in [0.1, 0.15) is 0 Å². The molecule has 0 saturated carbocycles. The van der Waals surface area contributed by atoms with Crippen LogP contribution in [0.4, 0.5) is 22.1 Å². The van der Waals surface area contributed by atoms with Crippen LogP contribution in [0.25, 0.3) is 0 Å². The number of carbonyl (C=O) groups is 1. The zero-order chi connectivity index (χ0) is 20.1. The van der Waals surface area contributed by atoms with E-state index < -0.39 is 15.9 Å². The number of carbonyl (C=O) groups excluding carboxylic acids is 1. The average molecular weight is 399 g/mol. The summed E-state index contributed by atoms with van der Waals surface area (Å²) in [6.07, 6.45) is 2.59. The summed E-state index contributed by atoms with van der Waals surface area (Å²) < 4.78 is 28.7. The maximum absolute atomic E-state index is 12.1. The van der Waals surface area contributed by atoms with Crippen molar-refractivity contribution in [3.05, 3.63) is 60.8 Å². The molecule has 3 aromatic rings. The summed E-state index contributed by atoms with van der Waals surface area (Å²) in [5.41, 5.74) is 6.38. The molecule has 0 aliphatic carbocycles. The van der Waals surface area contributed by atoms with Crippen molar-refractivity contribution in [2.45, 2.75) is 4.90 Å². The third-order valence-corrected chi connectivity index (χ3v) is 4.61. The largest absolute Gasteiger partial charge is 0.439 e. The van der Waals surface area contributed by atoms with Crippen molar-refractivity contribution in [3.8, 4) is 11.6 Å². The second-order valence-corrected chi connectivity index (χ2v) is 7.77. The third kappa shape index (κ3) is 5.17. The van der Waals surface area contributed by atoms with Crippen LogP contribution in [0.3, 0.4) is 0 Å². The maximum atomic E-state index is 12.1. The topological polar surface area (TPSA) is 136 Å². The van der Waals surface area contributed by atoms with Gasteiger partial charge in [0.25, 0.3) is 0 Å². The Labute approximate surface area is 161 Å². The molecule has 2 aromatic carbocycles. The van der Waals surface area contributed by atoms with E-state index in [9.17, 15) is 13.2 Å². The van der Waals surface area contributed by atoms with Gasteiger partial charge in [-0.3, -0.25) is 0 Å². The quantitative estimate of drug-likeness (QED) is 0.600. The van der Waals surface area contributed by atoms with E-state index in [4.69, 9.17) is 10.5 Å². The first kappa shape index (κ1) is 19.1. The van der Waals surface area contributed by atoms with Gasteiger partial charge in [0.05, 0.1) is 4.90 Å². The molecule has 0 aliphatic rings. The molecule has 10 heteroatoms. The van der Waals surface area contributed by atoms with Gasteiger partial charge in [-0.05, 0) is 42.5 Å².